The summed E-state index contributed by atoms with van der Waals surface area (Å²) in [4.78, 5) is 66.2. The van der Waals surface area contributed by atoms with E-state index >= 15 is 0 Å². The molecular weight excluding hydrogens is 650 g/mol. The number of carbonyl (C=O) groups is 5. The van der Waals surface area contributed by atoms with E-state index in [4.69, 9.17) is 18.9 Å². The first-order valence-electron chi connectivity index (χ1n) is 16.4. The lowest BCUT2D eigenvalue weighted by molar-refractivity contribution is -0.160. The lowest BCUT2D eigenvalue weighted by Gasteiger charge is -2.38. The Morgan fingerprint density at radius 2 is 1.60 bits per heavy atom. The predicted octanol–water partition coefficient (Wildman–Crippen LogP) is 3.63. The van der Waals surface area contributed by atoms with Gasteiger partial charge in [-0.1, -0.05) is 45.9 Å². The minimum absolute atomic E-state index is 0.00885. The molecule has 270 valence electrons. The van der Waals surface area contributed by atoms with Crippen molar-refractivity contribution in [3.05, 3.63) is 70.2 Å². The molecule has 0 saturated heterocycles. The molecule has 13 heteroatoms. The second-order valence-corrected chi connectivity index (χ2v) is 13.4. The number of allylic oxidation sites excluding steroid dienone is 4. The standard InChI is InChI=1S/C37H45NO12/c1-16-11-10-12-17(2)36(46)38-23-15-24(40)26-27(32(23)44)31(43)21(6)34-28(26)35(45)37(8,50-34)48-14-13-25(47-9)18(3)33(49-22(7)39)20(5)30(42)19(4)29(16)41/h10-16,18-20,25,29-30,33,41-43H,1-9H3,(H,38,46)/t16-,18+,19+,20+,25-,29?,30+,33+,37-/m0/s1. The summed E-state index contributed by atoms with van der Waals surface area (Å²) >= 11 is 0. The third kappa shape index (κ3) is 7.03. The number of phenolic OH excluding ortho intramolecular Hbond substituents is 1. The molecule has 4 aliphatic rings. The van der Waals surface area contributed by atoms with Gasteiger partial charge in [0, 0.05) is 61.8 Å². The minimum Gasteiger partial charge on any atom is -0.507 e. The molecule has 1 aliphatic carbocycles. The van der Waals surface area contributed by atoms with Crippen LogP contribution in [0.15, 0.2) is 47.9 Å². The number of phenols is 1. The Bertz CT molecular complexity index is 1720. The van der Waals surface area contributed by atoms with Crippen LogP contribution in [0.25, 0.3) is 0 Å². The molecule has 13 nitrogen and oxygen atoms in total. The number of hydrogen-bond donors (Lipinski definition) is 4. The molecule has 0 fully saturated rings. The van der Waals surface area contributed by atoms with Crippen molar-refractivity contribution in [3.63, 3.8) is 0 Å². The van der Waals surface area contributed by atoms with E-state index in [1.54, 1.807) is 39.8 Å². The van der Waals surface area contributed by atoms with Crippen LogP contribution in [0, 0.1) is 30.6 Å². The third-order valence-corrected chi connectivity index (χ3v) is 9.80. The van der Waals surface area contributed by atoms with Crippen molar-refractivity contribution >= 4 is 29.2 Å². The Hall–Kier alpha value is -4.59. The molecule has 1 unspecified atom stereocenters. The van der Waals surface area contributed by atoms with Gasteiger partial charge in [0.1, 0.15) is 17.6 Å². The van der Waals surface area contributed by atoms with Crippen molar-refractivity contribution in [1.82, 2.24) is 5.32 Å². The fourth-order valence-corrected chi connectivity index (χ4v) is 6.62. The number of aliphatic hydroxyl groups is 2. The number of esters is 1. The van der Waals surface area contributed by atoms with Crippen molar-refractivity contribution < 1.29 is 58.2 Å². The minimum atomic E-state index is -2.03. The highest BCUT2D eigenvalue weighted by Gasteiger charge is 2.51. The molecule has 0 radical (unpaired) electrons. The van der Waals surface area contributed by atoms with E-state index in [2.05, 4.69) is 5.32 Å². The molecule has 3 aliphatic heterocycles. The van der Waals surface area contributed by atoms with Crippen LogP contribution in [0.1, 0.15) is 85.1 Å². The molecule has 5 bridgehead atoms. The summed E-state index contributed by atoms with van der Waals surface area (Å²) in [5, 5.41) is 36.1. The SMILES string of the molecule is CO[C@H]1C=CO[C@@]2(C)Oc3c(C)c(O)c4c(c3C2=O)C(=O)C=C(NC(=O)C(C)=CC=C[C@H](C)C(O)[C@@H](C)[C@@H](O)[C@@H](C)[C@H](OC(C)=O)[C@@H]1C)C4=O. The van der Waals surface area contributed by atoms with E-state index in [-0.39, 0.29) is 28.0 Å². The van der Waals surface area contributed by atoms with Gasteiger partial charge in [0.15, 0.2) is 5.78 Å². The second kappa shape index (κ2) is 14.7. The zero-order valence-corrected chi connectivity index (χ0v) is 29.6. The highest BCUT2D eigenvalue weighted by molar-refractivity contribution is 6.30. The highest BCUT2D eigenvalue weighted by atomic mass is 16.7. The summed E-state index contributed by atoms with van der Waals surface area (Å²) in [6.07, 6.45) is 4.31. The van der Waals surface area contributed by atoms with Crippen LogP contribution in [0.2, 0.25) is 0 Å². The van der Waals surface area contributed by atoms with Crippen molar-refractivity contribution in [3.8, 4) is 11.5 Å². The zero-order chi connectivity index (χ0) is 37.4. The van der Waals surface area contributed by atoms with Gasteiger partial charge in [0.25, 0.3) is 11.7 Å². The number of nitrogens with one attached hydrogen (secondary N) is 1. The van der Waals surface area contributed by atoms with Crippen LogP contribution in [-0.4, -0.2) is 81.9 Å². The van der Waals surface area contributed by atoms with Gasteiger partial charge >= 0.3 is 11.8 Å². The van der Waals surface area contributed by atoms with Crippen molar-refractivity contribution in [2.75, 3.05) is 7.11 Å². The fourth-order valence-electron chi connectivity index (χ4n) is 6.62. The quantitative estimate of drug-likeness (QED) is 0.329. The molecule has 50 heavy (non-hydrogen) atoms. The maximum Gasteiger partial charge on any atom is 0.312 e. The van der Waals surface area contributed by atoms with Crippen molar-refractivity contribution in [2.45, 2.75) is 85.6 Å². The molecule has 5 rings (SSSR count). The fraction of sp³-hybridized carbons (Fsp3) is 0.486. The predicted molar refractivity (Wildman–Crippen MR) is 179 cm³/mol. The lowest BCUT2D eigenvalue weighted by atomic mass is 9.78. The van der Waals surface area contributed by atoms with Gasteiger partial charge in [-0.05, 0) is 19.9 Å². The van der Waals surface area contributed by atoms with Gasteiger partial charge in [-0.2, -0.15) is 0 Å². The average molecular weight is 696 g/mol. The summed E-state index contributed by atoms with van der Waals surface area (Å²) in [5.74, 6) is -8.99. The topological polar surface area (TPSA) is 195 Å². The maximum atomic E-state index is 13.9. The first-order chi connectivity index (χ1) is 23.4. The van der Waals surface area contributed by atoms with Crippen LogP contribution in [0.3, 0.4) is 0 Å². The van der Waals surface area contributed by atoms with Crippen LogP contribution < -0.4 is 10.1 Å². The van der Waals surface area contributed by atoms with Crippen molar-refractivity contribution in [1.29, 1.82) is 0 Å². The molecule has 0 spiro atoms. The Balaban J connectivity index is 1.83. The van der Waals surface area contributed by atoms with Crippen LogP contribution >= 0.6 is 0 Å². The van der Waals surface area contributed by atoms with Gasteiger partial charge in [0.05, 0.1) is 47.0 Å². The number of aliphatic hydroxyl groups excluding tert-OH is 2. The molecular formula is C37H45NO12. The molecule has 4 N–H and O–H groups in total. The zero-order valence-electron chi connectivity index (χ0n) is 29.6. The van der Waals surface area contributed by atoms with E-state index in [0.29, 0.717) is 0 Å². The molecule has 1 amide bonds. The van der Waals surface area contributed by atoms with E-state index in [0.717, 1.165) is 12.3 Å². The van der Waals surface area contributed by atoms with E-state index in [1.165, 1.54) is 47.0 Å². The first kappa shape index (κ1) is 38.2. The number of hydrogen-bond acceptors (Lipinski definition) is 12. The number of rotatable bonds is 2. The Morgan fingerprint density at radius 1 is 0.940 bits per heavy atom. The summed E-state index contributed by atoms with van der Waals surface area (Å²) in [7, 11) is 1.42. The van der Waals surface area contributed by atoms with E-state index in [1.807, 2.05) is 0 Å². The Labute approximate surface area is 290 Å². The first-order valence-corrected chi connectivity index (χ1v) is 16.4. The number of ether oxygens (including phenoxy) is 4. The van der Waals surface area contributed by atoms with Crippen molar-refractivity contribution in [2.24, 2.45) is 23.7 Å². The number of aromatic hydroxyl groups is 1. The summed E-state index contributed by atoms with van der Waals surface area (Å²) < 4.78 is 23.1. The summed E-state index contributed by atoms with van der Waals surface area (Å²) in [6.45, 7) is 12.3. The molecule has 0 aromatic heterocycles. The number of methoxy groups -OCH3 is 1. The largest absolute Gasteiger partial charge is 0.507 e. The maximum absolute atomic E-state index is 13.9. The monoisotopic (exact) mass is 695 g/mol. The van der Waals surface area contributed by atoms with Gasteiger partial charge < -0.3 is 39.6 Å². The number of ketones is 3. The number of benzene rings is 1. The highest BCUT2D eigenvalue weighted by Crippen LogP contribution is 2.47. The van der Waals surface area contributed by atoms with Gasteiger partial charge in [-0.25, -0.2) is 0 Å². The van der Waals surface area contributed by atoms with Crippen LogP contribution in [0.5, 0.6) is 11.5 Å². The summed E-state index contributed by atoms with van der Waals surface area (Å²) in [5.41, 5.74) is -1.31. The lowest BCUT2D eigenvalue weighted by Crippen LogP contribution is -2.46. The number of carbonyl (C=O) groups excluding carboxylic acids is 5. The normalized spacial score (nSPS) is 32.1. The number of fused-ring (bicyclic) bond motifs is 14. The molecule has 1 aromatic carbocycles. The van der Waals surface area contributed by atoms with Gasteiger partial charge in [-0.15, -0.1) is 0 Å². The van der Waals surface area contributed by atoms with Gasteiger partial charge in [-0.3, -0.25) is 24.0 Å². The Morgan fingerprint density at radius 3 is 2.22 bits per heavy atom. The molecule has 0 saturated carbocycles. The van der Waals surface area contributed by atoms with E-state index in [9.17, 15) is 39.3 Å². The van der Waals surface area contributed by atoms with E-state index < -0.39 is 100 Å². The number of amides is 1. The average Bonchev–Trinajstić information content (AvgIpc) is 3.33. The summed E-state index contributed by atoms with van der Waals surface area (Å²) in [6, 6.07) is 0. The Kier molecular flexibility index (Phi) is 11.2. The van der Waals surface area contributed by atoms with Crippen LogP contribution in [0.4, 0.5) is 0 Å². The van der Waals surface area contributed by atoms with Crippen LogP contribution in [-0.2, 0) is 23.8 Å². The number of Topliss-reactive ketones (excluding diaryl/α,β-unsaturated/α-hetero) is 2. The molecule has 9 atom stereocenters. The molecule has 3 heterocycles. The molecule has 1 aromatic rings. The second-order valence-electron chi connectivity index (χ2n) is 13.4. The third-order valence-electron chi connectivity index (χ3n) is 9.80. The van der Waals surface area contributed by atoms with Gasteiger partial charge in [0.2, 0.25) is 5.78 Å². The smallest absolute Gasteiger partial charge is 0.312 e.